The van der Waals surface area contributed by atoms with Crippen LogP contribution in [-0.4, -0.2) is 42.0 Å². The maximum atomic E-state index is 12.7. The molecular formula is C22H29N3O3S2. The van der Waals surface area contributed by atoms with Gasteiger partial charge in [0.15, 0.2) is 0 Å². The van der Waals surface area contributed by atoms with Gasteiger partial charge in [-0.05, 0) is 63.8 Å². The Balaban J connectivity index is 1.65. The van der Waals surface area contributed by atoms with E-state index < -0.39 is 10.0 Å². The minimum Gasteiger partial charge on any atom is -0.325 e. The Hall–Kier alpha value is -1.90. The summed E-state index contributed by atoms with van der Waals surface area (Å²) in [6.45, 7) is 8.94. The number of hydrogen-bond donors (Lipinski definition) is 1. The number of amides is 1. The number of nitrogens with one attached hydrogen (secondary N) is 1. The number of sulfonamides is 1. The molecule has 0 bridgehead atoms. The lowest BCUT2D eigenvalue weighted by Crippen LogP contribution is -2.35. The third-order valence-corrected chi connectivity index (χ3v) is 8.19. The Kier molecular flexibility index (Phi) is 7.21. The summed E-state index contributed by atoms with van der Waals surface area (Å²) in [5.41, 5.74) is 4.06. The number of nitrogens with zero attached hydrogens (tertiary/aromatic N) is 2. The Bertz CT molecular complexity index is 991. The van der Waals surface area contributed by atoms with Gasteiger partial charge in [0.25, 0.3) is 0 Å². The van der Waals surface area contributed by atoms with Gasteiger partial charge >= 0.3 is 0 Å². The molecule has 162 valence electrons. The third kappa shape index (κ3) is 5.22. The lowest BCUT2D eigenvalue weighted by Gasteiger charge is -2.25. The van der Waals surface area contributed by atoms with E-state index in [1.54, 1.807) is 12.1 Å². The predicted molar refractivity (Wildman–Crippen MR) is 121 cm³/mol. The fourth-order valence-electron chi connectivity index (χ4n) is 3.68. The van der Waals surface area contributed by atoms with Crippen molar-refractivity contribution in [1.29, 1.82) is 0 Å². The molecule has 6 nitrogen and oxygen atoms in total. The highest BCUT2D eigenvalue weighted by Crippen LogP contribution is 2.27. The molecule has 1 aliphatic rings. The van der Waals surface area contributed by atoms with Crippen LogP contribution in [0.3, 0.4) is 0 Å². The summed E-state index contributed by atoms with van der Waals surface area (Å²) in [4.78, 5) is 17.2. The van der Waals surface area contributed by atoms with E-state index in [2.05, 4.69) is 10.3 Å². The van der Waals surface area contributed by atoms with Gasteiger partial charge in [-0.25, -0.2) is 13.4 Å². The van der Waals surface area contributed by atoms with Crippen LogP contribution < -0.4 is 5.32 Å². The lowest BCUT2D eigenvalue weighted by molar-refractivity contribution is -0.115. The molecule has 0 saturated carbocycles. The second-order valence-electron chi connectivity index (χ2n) is 7.82. The molecule has 3 rings (SSSR count). The van der Waals surface area contributed by atoms with Gasteiger partial charge in [-0.3, -0.25) is 4.79 Å². The molecular weight excluding hydrogens is 418 g/mol. The zero-order chi connectivity index (χ0) is 21.9. The van der Waals surface area contributed by atoms with E-state index in [1.807, 2.05) is 39.8 Å². The number of carbonyl (C=O) groups excluding carboxylic acids is 1. The monoisotopic (exact) mass is 447 g/mol. The van der Waals surface area contributed by atoms with Crippen LogP contribution >= 0.6 is 11.8 Å². The van der Waals surface area contributed by atoms with Gasteiger partial charge < -0.3 is 5.32 Å². The van der Waals surface area contributed by atoms with Crippen LogP contribution in [0.1, 0.15) is 42.9 Å². The summed E-state index contributed by atoms with van der Waals surface area (Å²) < 4.78 is 27.0. The van der Waals surface area contributed by atoms with E-state index in [0.29, 0.717) is 18.1 Å². The van der Waals surface area contributed by atoms with Gasteiger partial charge in [0.2, 0.25) is 15.9 Å². The topological polar surface area (TPSA) is 79.4 Å². The molecule has 1 saturated heterocycles. The van der Waals surface area contributed by atoms with E-state index in [0.717, 1.165) is 41.6 Å². The molecule has 0 aliphatic carbocycles. The summed E-state index contributed by atoms with van der Waals surface area (Å²) in [6, 6.07) is 7.35. The normalized spacial score (nSPS) is 16.3. The molecule has 0 radical (unpaired) electrons. The predicted octanol–water partition coefficient (Wildman–Crippen LogP) is 4.30. The smallest absolute Gasteiger partial charge is 0.244 e. The van der Waals surface area contributed by atoms with Crippen LogP contribution in [0.2, 0.25) is 0 Å². The van der Waals surface area contributed by atoms with Crippen molar-refractivity contribution in [2.24, 2.45) is 0 Å². The number of piperidine rings is 1. The quantitative estimate of drug-likeness (QED) is 0.668. The highest BCUT2D eigenvalue weighted by atomic mass is 32.2. The maximum Gasteiger partial charge on any atom is 0.244 e. The van der Waals surface area contributed by atoms with E-state index in [1.165, 1.54) is 22.3 Å². The number of aryl methyl sites for hydroxylation is 3. The molecule has 1 aromatic heterocycles. The van der Waals surface area contributed by atoms with E-state index >= 15 is 0 Å². The van der Waals surface area contributed by atoms with Crippen molar-refractivity contribution in [3.05, 3.63) is 47.2 Å². The van der Waals surface area contributed by atoms with Crippen LogP contribution in [0.4, 0.5) is 5.69 Å². The van der Waals surface area contributed by atoms with Crippen molar-refractivity contribution in [3.63, 3.8) is 0 Å². The van der Waals surface area contributed by atoms with Gasteiger partial charge in [-0.1, -0.05) is 35.9 Å². The third-order valence-electron chi connectivity index (χ3n) is 5.25. The first-order valence-electron chi connectivity index (χ1n) is 10.2. The zero-order valence-electron chi connectivity index (χ0n) is 17.9. The molecule has 1 unspecified atom stereocenters. The van der Waals surface area contributed by atoms with Crippen molar-refractivity contribution >= 4 is 33.4 Å². The highest BCUT2D eigenvalue weighted by Gasteiger charge is 2.26. The summed E-state index contributed by atoms with van der Waals surface area (Å²) in [6.07, 6.45) is 4.26. The Morgan fingerprint density at radius 2 is 1.73 bits per heavy atom. The average Bonchev–Trinajstić information content (AvgIpc) is 2.71. The van der Waals surface area contributed by atoms with Crippen LogP contribution in [-0.2, 0) is 14.8 Å². The number of thioether (sulfide) groups is 1. The first-order chi connectivity index (χ1) is 14.2. The minimum absolute atomic E-state index is 0.109. The van der Waals surface area contributed by atoms with Gasteiger partial charge in [-0.2, -0.15) is 4.31 Å². The summed E-state index contributed by atoms with van der Waals surface area (Å²) in [5.74, 6) is -0.109. The van der Waals surface area contributed by atoms with Crippen molar-refractivity contribution in [1.82, 2.24) is 9.29 Å². The zero-order valence-corrected chi connectivity index (χ0v) is 19.6. The number of pyridine rings is 1. The second kappa shape index (κ2) is 9.49. The Morgan fingerprint density at radius 3 is 2.30 bits per heavy atom. The molecule has 30 heavy (non-hydrogen) atoms. The minimum atomic E-state index is -3.50. The van der Waals surface area contributed by atoms with Gasteiger partial charge in [0.1, 0.15) is 4.90 Å². The van der Waals surface area contributed by atoms with E-state index in [9.17, 15) is 13.2 Å². The maximum absolute atomic E-state index is 12.7. The standard InChI is InChI=1S/C22H29N3O3S2/c1-15-12-16(2)21(17(3)13-15)24-22(26)18(4)29-20-9-8-19(14-23-20)30(27,28)25-10-6-5-7-11-25/h8-9,12-14,18H,5-7,10-11H2,1-4H3,(H,24,26). The van der Waals surface area contributed by atoms with Crippen molar-refractivity contribution in [2.75, 3.05) is 18.4 Å². The molecule has 1 amide bonds. The molecule has 1 N–H and O–H groups in total. The molecule has 2 heterocycles. The van der Waals surface area contributed by atoms with Gasteiger partial charge in [0, 0.05) is 25.0 Å². The Labute approximate surface area is 183 Å². The first-order valence-corrected chi connectivity index (χ1v) is 12.5. The number of rotatable bonds is 6. The average molecular weight is 448 g/mol. The molecule has 1 fully saturated rings. The fourth-order valence-corrected chi connectivity index (χ4v) is 5.93. The van der Waals surface area contributed by atoms with Crippen molar-refractivity contribution < 1.29 is 13.2 Å². The molecule has 1 atom stereocenters. The number of benzene rings is 1. The molecule has 0 spiro atoms. The van der Waals surface area contributed by atoms with Crippen LogP contribution in [0.5, 0.6) is 0 Å². The number of carbonyl (C=O) groups is 1. The van der Waals surface area contributed by atoms with Crippen LogP contribution in [0, 0.1) is 20.8 Å². The highest BCUT2D eigenvalue weighted by molar-refractivity contribution is 8.00. The van der Waals surface area contributed by atoms with Crippen LogP contribution in [0.25, 0.3) is 0 Å². The summed E-state index contributed by atoms with van der Waals surface area (Å²) in [7, 11) is -3.50. The van der Waals surface area contributed by atoms with Crippen LogP contribution in [0.15, 0.2) is 40.4 Å². The van der Waals surface area contributed by atoms with Gasteiger partial charge in [-0.15, -0.1) is 0 Å². The summed E-state index contributed by atoms with van der Waals surface area (Å²) >= 11 is 1.31. The number of aromatic nitrogens is 1. The molecule has 2 aromatic rings. The fraction of sp³-hybridized carbons (Fsp3) is 0.455. The Morgan fingerprint density at radius 1 is 1.10 bits per heavy atom. The molecule has 1 aliphatic heterocycles. The number of hydrogen-bond acceptors (Lipinski definition) is 5. The molecule has 8 heteroatoms. The van der Waals surface area contributed by atoms with E-state index in [4.69, 9.17) is 0 Å². The van der Waals surface area contributed by atoms with Gasteiger partial charge in [0.05, 0.1) is 10.3 Å². The lowest BCUT2D eigenvalue weighted by atomic mass is 10.1. The SMILES string of the molecule is Cc1cc(C)c(NC(=O)C(C)Sc2ccc(S(=O)(=O)N3CCCCC3)cn2)c(C)c1. The molecule has 1 aromatic carbocycles. The summed E-state index contributed by atoms with van der Waals surface area (Å²) in [5, 5.41) is 3.26. The van der Waals surface area contributed by atoms with E-state index in [-0.39, 0.29) is 16.1 Å². The number of anilines is 1. The van der Waals surface area contributed by atoms with Crippen molar-refractivity contribution in [2.45, 2.75) is 62.1 Å². The van der Waals surface area contributed by atoms with Crippen molar-refractivity contribution in [3.8, 4) is 0 Å². The second-order valence-corrected chi connectivity index (χ2v) is 11.1. The largest absolute Gasteiger partial charge is 0.325 e. The first kappa shape index (κ1) is 22.8.